The fourth-order valence-electron chi connectivity index (χ4n) is 2.08. The zero-order chi connectivity index (χ0) is 10.8. The second kappa shape index (κ2) is 3.94. The Kier molecular flexibility index (Phi) is 2.64. The van der Waals surface area contributed by atoms with E-state index < -0.39 is 0 Å². The molecule has 1 aromatic heterocycles. The van der Waals surface area contributed by atoms with Crippen molar-refractivity contribution in [1.82, 2.24) is 14.9 Å². The van der Waals surface area contributed by atoms with Gasteiger partial charge >= 0.3 is 0 Å². The summed E-state index contributed by atoms with van der Waals surface area (Å²) < 4.78 is 0. The number of likely N-dealkylation sites (N-methyl/N-ethyl adjacent to an activating group) is 1. The molecular formula is C10H14N4O. The van der Waals surface area contributed by atoms with Gasteiger partial charge in [0.25, 0.3) is 0 Å². The number of amides is 1. The molecule has 1 fully saturated rings. The van der Waals surface area contributed by atoms with Crippen LogP contribution in [0.15, 0.2) is 18.7 Å². The van der Waals surface area contributed by atoms with Gasteiger partial charge in [-0.3, -0.25) is 4.79 Å². The van der Waals surface area contributed by atoms with Crippen LogP contribution >= 0.6 is 0 Å². The number of aromatic nitrogens is 2. The molecule has 1 aromatic rings. The molecule has 0 saturated carbocycles. The van der Waals surface area contributed by atoms with Gasteiger partial charge in [-0.2, -0.15) is 0 Å². The van der Waals surface area contributed by atoms with Gasteiger partial charge in [0.05, 0.1) is 6.04 Å². The molecule has 1 amide bonds. The fourth-order valence-corrected chi connectivity index (χ4v) is 2.08. The van der Waals surface area contributed by atoms with Crippen molar-refractivity contribution < 1.29 is 4.79 Å². The first-order valence-electron chi connectivity index (χ1n) is 5.04. The van der Waals surface area contributed by atoms with Crippen LogP contribution in [0, 0.1) is 0 Å². The first-order chi connectivity index (χ1) is 7.24. The molecule has 5 heteroatoms. The van der Waals surface area contributed by atoms with Crippen molar-refractivity contribution in [2.45, 2.75) is 25.4 Å². The Bertz CT molecular complexity index is 354. The average molecular weight is 206 g/mol. The molecule has 2 atom stereocenters. The first-order valence-corrected chi connectivity index (χ1v) is 5.04. The van der Waals surface area contributed by atoms with Crippen molar-refractivity contribution in [1.29, 1.82) is 0 Å². The van der Waals surface area contributed by atoms with Crippen LogP contribution in [0.2, 0.25) is 0 Å². The van der Waals surface area contributed by atoms with Crippen LogP contribution in [0.1, 0.15) is 24.9 Å². The topological polar surface area (TPSA) is 72.1 Å². The zero-order valence-electron chi connectivity index (χ0n) is 8.63. The van der Waals surface area contributed by atoms with Crippen LogP contribution in [0.4, 0.5) is 0 Å². The van der Waals surface area contributed by atoms with E-state index in [0.717, 1.165) is 5.56 Å². The molecule has 0 radical (unpaired) electrons. The van der Waals surface area contributed by atoms with Gasteiger partial charge in [0.2, 0.25) is 5.91 Å². The van der Waals surface area contributed by atoms with Gasteiger partial charge in [-0.25, -0.2) is 9.97 Å². The van der Waals surface area contributed by atoms with Gasteiger partial charge < -0.3 is 10.6 Å². The number of hydrogen-bond acceptors (Lipinski definition) is 4. The number of hydrogen-bond donors (Lipinski definition) is 1. The highest BCUT2D eigenvalue weighted by Crippen LogP contribution is 2.30. The van der Waals surface area contributed by atoms with Crippen molar-refractivity contribution in [3.63, 3.8) is 0 Å². The van der Waals surface area contributed by atoms with Gasteiger partial charge in [0.1, 0.15) is 6.33 Å². The number of likely N-dealkylation sites (tertiary alicyclic amines) is 1. The molecule has 0 bridgehead atoms. The summed E-state index contributed by atoms with van der Waals surface area (Å²) in [7, 11) is 0. The van der Waals surface area contributed by atoms with Crippen molar-refractivity contribution in [3.8, 4) is 0 Å². The van der Waals surface area contributed by atoms with Gasteiger partial charge in [-0.15, -0.1) is 0 Å². The Hall–Kier alpha value is -1.49. The fraction of sp³-hybridized carbons (Fsp3) is 0.500. The summed E-state index contributed by atoms with van der Waals surface area (Å²) in [6.45, 7) is 2.62. The monoisotopic (exact) mass is 206 g/mol. The lowest BCUT2D eigenvalue weighted by molar-refractivity contribution is -0.128. The second-order valence-electron chi connectivity index (χ2n) is 3.66. The predicted molar refractivity (Wildman–Crippen MR) is 54.8 cm³/mol. The van der Waals surface area contributed by atoms with Crippen LogP contribution in [0.3, 0.4) is 0 Å². The SMILES string of the molecule is CCN1C(=O)C[C@H](N)[C@H]1c1cncnc1. The van der Waals surface area contributed by atoms with E-state index in [1.807, 2.05) is 6.92 Å². The predicted octanol–water partition coefficient (Wildman–Crippen LogP) is 0.0972. The van der Waals surface area contributed by atoms with Gasteiger partial charge in [-0.1, -0.05) is 0 Å². The third-order valence-electron chi connectivity index (χ3n) is 2.73. The van der Waals surface area contributed by atoms with E-state index in [-0.39, 0.29) is 18.0 Å². The third kappa shape index (κ3) is 1.70. The summed E-state index contributed by atoms with van der Waals surface area (Å²) in [5, 5.41) is 0. The molecule has 0 aromatic carbocycles. The molecule has 1 aliphatic rings. The molecule has 1 aliphatic heterocycles. The van der Waals surface area contributed by atoms with Crippen LogP contribution in [0.5, 0.6) is 0 Å². The second-order valence-corrected chi connectivity index (χ2v) is 3.66. The quantitative estimate of drug-likeness (QED) is 0.744. The summed E-state index contributed by atoms with van der Waals surface area (Å²) in [5.74, 6) is 0.110. The zero-order valence-corrected chi connectivity index (χ0v) is 8.63. The molecule has 0 unspecified atom stereocenters. The van der Waals surface area contributed by atoms with E-state index in [2.05, 4.69) is 9.97 Å². The summed E-state index contributed by atoms with van der Waals surface area (Å²) in [5.41, 5.74) is 6.86. The van der Waals surface area contributed by atoms with Crippen LogP contribution in [-0.4, -0.2) is 33.4 Å². The molecule has 80 valence electrons. The minimum Gasteiger partial charge on any atom is -0.334 e. The molecule has 1 saturated heterocycles. The lowest BCUT2D eigenvalue weighted by atomic mass is 10.0. The normalized spacial score (nSPS) is 26.0. The molecule has 0 spiro atoms. The number of nitrogens with two attached hydrogens (primary N) is 1. The van der Waals surface area contributed by atoms with Crippen molar-refractivity contribution in [3.05, 3.63) is 24.3 Å². The molecular weight excluding hydrogens is 192 g/mol. The Morgan fingerprint density at radius 3 is 2.80 bits per heavy atom. The lowest BCUT2D eigenvalue weighted by Gasteiger charge is -2.25. The van der Waals surface area contributed by atoms with Crippen molar-refractivity contribution in [2.24, 2.45) is 5.73 Å². The summed E-state index contributed by atoms with van der Waals surface area (Å²) >= 11 is 0. The largest absolute Gasteiger partial charge is 0.334 e. The molecule has 5 nitrogen and oxygen atoms in total. The maximum atomic E-state index is 11.6. The van der Waals surface area contributed by atoms with E-state index in [9.17, 15) is 4.79 Å². The molecule has 0 aliphatic carbocycles. The number of carbonyl (C=O) groups excluding carboxylic acids is 1. The van der Waals surface area contributed by atoms with E-state index >= 15 is 0 Å². The number of nitrogens with zero attached hydrogens (tertiary/aromatic N) is 3. The minimum atomic E-state index is -0.150. The van der Waals surface area contributed by atoms with Gasteiger partial charge in [0.15, 0.2) is 0 Å². The maximum absolute atomic E-state index is 11.6. The Morgan fingerprint density at radius 2 is 2.20 bits per heavy atom. The molecule has 2 heterocycles. The van der Waals surface area contributed by atoms with E-state index in [1.54, 1.807) is 17.3 Å². The van der Waals surface area contributed by atoms with E-state index in [0.29, 0.717) is 13.0 Å². The highest BCUT2D eigenvalue weighted by atomic mass is 16.2. The minimum absolute atomic E-state index is 0.0660. The Labute approximate surface area is 88.3 Å². The molecule has 2 N–H and O–H groups in total. The number of carbonyl (C=O) groups is 1. The lowest BCUT2D eigenvalue weighted by Crippen LogP contribution is -2.33. The standard InChI is InChI=1S/C10H14N4O/c1-2-14-9(15)3-8(11)10(14)7-4-12-6-13-5-7/h4-6,8,10H,2-3,11H2,1H3/t8-,10+/m0/s1. The van der Waals surface area contributed by atoms with E-state index in [4.69, 9.17) is 5.73 Å². The van der Waals surface area contributed by atoms with Crippen molar-refractivity contribution in [2.75, 3.05) is 6.54 Å². The Balaban J connectivity index is 2.31. The average Bonchev–Trinajstić information content (AvgIpc) is 2.54. The number of rotatable bonds is 2. The molecule has 2 rings (SSSR count). The van der Waals surface area contributed by atoms with Crippen LogP contribution in [0.25, 0.3) is 0 Å². The van der Waals surface area contributed by atoms with Crippen molar-refractivity contribution >= 4 is 5.91 Å². The highest BCUT2D eigenvalue weighted by Gasteiger charge is 2.37. The van der Waals surface area contributed by atoms with Crippen LogP contribution in [-0.2, 0) is 4.79 Å². The van der Waals surface area contributed by atoms with Gasteiger partial charge in [-0.05, 0) is 6.92 Å². The summed E-state index contributed by atoms with van der Waals surface area (Å²) in [6.07, 6.45) is 5.33. The smallest absolute Gasteiger partial charge is 0.224 e. The van der Waals surface area contributed by atoms with Crippen LogP contribution < -0.4 is 5.73 Å². The molecule has 15 heavy (non-hydrogen) atoms. The van der Waals surface area contributed by atoms with E-state index in [1.165, 1.54) is 6.33 Å². The van der Waals surface area contributed by atoms with Gasteiger partial charge in [0, 0.05) is 37.0 Å². The first kappa shape index (κ1) is 10.0. The summed E-state index contributed by atoms with van der Waals surface area (Å²) in [4.78, 5) is 21.3. The Morgan fingerprint density at radius 1 is 1.53 bits per heavy atom. The summed E-state index contributed by atoms with van der Waals surface area (Å²) in [6, 6.07) is -0.216. The highest BCUT2D eigenvalue weighted by molar-refractivity contribution is 5.80. The third-order valence-corrected chi connectivity index (χ3v) is 2.73. The maximum Gasteiger partial charge on any atom is 0.224 e.